The van der Waals surface area contributed by atoms with E-state index in [0.29, 0.717) is 0 Å². The Morgan fingerprint density at radius 1 is 1.64 bits per heavy atom. The summed E-state index contributed by atoms with van der Waals surface area (Å²) >= 11 is 0. The van der Waals surface area contributed by atoms with E-state index in [-0.39, 0.29) is 12.8 Å². The number of esters is 1. The van der Waals surface area contributed by atoms with Crippen molar-refractivity contribution in [2.24, 2.45) is 0 Å². The lowest BCUT2D eigenvalue weighted by molar-refractivity contribution is -0.145. The van der Waals surface area contributed by atoms with Crippen LogP contribution in [0.4, 0.5) is 0 Å². The molecule has 0 rings (SSSR count). The fourth-order valence-corrected chi connectivity index (χ4v) is 0.840. The maximum absolute atomic E-state index is 11.0. The first-order valence-corrected chi connectivity index (χ1v) is 4.00. The number of methoxy groups -OCH3 is 1. The van der Waals surface area contributed by atoms with Crippen molar-refractivity contribution >= 4 is 11.9 Å². The van der Waals surface area contributed by atoms with Crippen molar-refractivity contribution in [1.82, 2.24) is 5.32 Å². The van der Waals surface area contributed by atoms with Crippen LogP contribution in [0.1, 0.15) is 12.8 Å². The molecule has 0 bridgehead atoms. The second kappa shape index (κ2) is 6.86. The van der Waals surface area contributed by atoms with E-state index in [9.17, 15) is 9.59 Å². The number of hydrogen-bond acceptors (Lipinski definition) is 5. The standard InChI is InChI=1S/C8H12N2O4/c1-14-8(13)6(3-2-4-9)10-7(12)5-11/h6,11H,2-3,5H2,1H3,(H,10,12)/t6-/m0/s1. The highest BCUT2D eigenvalue weighted by Crippen LogP contribution is 1.98. The second-order valence-corrected chi connectivity index (χ2v) is 2.50. The maximum atomic E-state index is 11.0. The quantitative estimate of drug-likeness (QED) is 0.551. The predicted molar refractivity (Wildman–Crippen MR) is 45.9 cm³/mol. The van der Waals surface area contributed by atoms with Gasteiger partial charge in [-0.25, -0.2) is 4.79 Å². The molecule has 0 saturated carbocycles. The first-order chi connectivity index (χ1) is 6.65. The fraction of sp³-hybridized carbons (Fsp3) is 0.625. The van der Waals surface area contributed by atoms with Gasteiger partial charge in [0.1, 0.15) is 12.6 Å². The average Bonchev–Trinajstić information content (AvgIpc) is 2.22. The SMILES string of the molecule is COC(=O)[C@H](CCC#N)NC(=O)CO. The molecule has 0 aliphatic carbocycles. The van der Waals surface area contributed by atoms with Gasteiger partial charge in [-0.05, 0) is 6.42 Å². The molecule has 14 heavy (non-hydrogen) atoms. The van der Waals surface area contributed by atoms with E-state index in [2.05, 4.69) is 10.1 Å². The van der Waals surface area contributed by atoms with Gasteiger partial charge in [0.2, 0.25) is 5.91 Å². The van der Waals surface area contributed by atoms with Crippen LogP contribution in [0.5, 0.6) is 0 Å². The van der Waals surface area contributed by atoms with Crippen molar-refractivity contribution in [3.05, 3.63) is 0 Å². The number of carbonyl (C=O) groups is 2. The highest BCUT2D eigenvalue weighted by Gasteiger charge is 2.20. The molecule has 6 heteroatoms. The minimum absolute atomic E-state index is 0.130. The minimum atomic E-state index is -0.862. The third-order valence-corrected chi connectivity index (χ3v) is 1.51. The van der Waals surface area contributed by atoms with Crippen molar-refractivity contribution < 1.29 is 19.4 Å². The summed E-state index contributed by atoms with van der Waals surface area (Å²) in [5.41, 5.74) is 0. The van der Waals surface area contributed by atoms with E-state index in [0.717, 1.165) is 0 Å². The van der Waals surface area contributed by atoms with Gasteiger partial charge < -0.3 is 15.2 Å². The number of nitrogens with one attached hydrogen (secondary N) is 1. The van der Waals surface area contributed by atoms with Gasteiger partial charge in [0.25, 0.3) is 0 Å². The number of aliphatic hydroxyl groups excluding tert-OH is 1. The first-order valence-electron chi connectivity index (χ1n) is 4.00. The van der Waals surface area contributed by atoms with Gasteiger partial charge in [-0.15, -0.1) is 0 Å². The van der Waals surface area contributed by atoms with Crippen molar-refractivity contribution in [1.29, 1.82) is 5.26 Å². The van der Waals surface area contributed by atoms with Crippen LogP contribution >= 0.6 is 0 Å². The molecule has 0 spiro atoms. The third kappa shape index (κ3) is 4.42. The van der Waals surface area contributed by atoms with Crippen molar-refractivity contribution in [3.63, 3.8) is 0 Å². The normalized spacial score (nSPS) is 11.2. The molecule has 1 atom stereocenters. The lowest BCUT2D eigenvalue weighted by atomic mass is 10.1. The maximum Gasteiger partial charge on any atom is 0.328 e. The molecule has 0 aliphatic heterocycles. The van der Waals surface area contributed by atoms with E-state index in [4.69, 9.17) is 10.4 Å². The van der Waals surface area contributed by atoms with E-state index in [1.807, 2.05) is 6.07 Å². The van der Waals surface area contributed by atoms with Crippen molar-refractivity contribution in [2.75, 3.05) is 13.7 Å². The molecule has 0 heterocycles. The van der Waals surface area contributed by atoms with E-state index >= 15 is 0 Å². The minimum Gasteiger partial charge on any atom is -0.467 e. The summed E-state index contributed by atoms with van der Waals surface area (Å²) in [6.45, 7) is -0.694. The van der Waals surface area contributed by atoms with E-state index < -0.39 is 24.5 Å². The van der Waals surface area contributed by atoms with Crippen LogP contribution in [0, 0.1) is 11.3 Å². The van der Waals surface area contributed by atoms with Gasteiger partial charge in [-0.1, -0.05) is 0 Å². The summed E-state index contributed by atoms with van der Waals surface area (Å²) < 4.78 is 4.41. The van der Waals surface area contributed by atoms with Crippen LogP contribution in [-0.2, 0) is 14.3 Å². The fourth-order valence-electron chi connectivity index (χ4n) is 0.840. The van der Waals surface area contributed by atoms with Crippen LogP contribution in [0.2, 0.25) is 0 Å². The van der Waals surface area contributed by atoms with Gasteiger partial charge in [0.05, 0.1) is 13.2 Å². The monoisotopic (exact) mass is 200 g/mol. The number of aliphatic hydroxyl groups is 1. The van der Waals surface area contributed by atoms with Crippen LogP contribution < -0.4 is 5.32 Å². The third-order valence-electron chi connectivity index (χ3n) is 1.51. The molecule has 78 valence electrons. The summed E-state index contributed by atoms with van der Waals surface area (Å²) in [4.78, 5) is 21.8. The molecule has 6 nitrogen and oxygen atoms in total. The molecule has 0 aromatic carbocycles. The molecular weight excluding hydrogens is 188 g/mol. The van der Waals surface area contributed by atoms with Crippen LogP contribution in [-0.4, -0.2) is 36.7 Å². The highest BCUT2D eigenvalue weighted by atomic mass is 16.5. The number of nitrogens with zero attached hydrogens (tertiary/aromatic N) is 1. The summed E-state index contributed by atoms with van der Waals surface area (Å²) in [6.07, 6.45) is 0.306. The van der Waals surface area contributed by atoms with Crippen LogP contribution in [0.25, 0.3) is 0 Å². The molecular formula is C8H12N2O4. The van der Waals surface area contributed by atoms with Crippen molar-refractivity contribution in [2.45, 2.75) is 18.9 Å². The number of nitriles is 1. The summed E-state index contributed by atoms with van der Waals surface area (Å²) in [6, 6.07) is 0.985. The molecule has 0 aliphatic rings. The zero-order valence-corrected chi connectivity index (χ0v) is 7.82. The average molecular weight is 200 g/mol. The predicted octanol–water partition coefficient (Wildman–Crippen LogP) is -1.06. The van der Waals surface area contributed by atoms with Gasteiger partial charge >= 0.3 is 5.97 Å². The Hall–Kier alpha value is -1.61. The van der Waals surface area contributed by atoms with Crippen molar-refractivity contribution in [3.8, 4) is 6.07 Å². The lowest BCUT2D eigenvalue weighted by Crippen LogP contribution is -2.42. The topological polar surface area (TPSA) is 99.4 Å². The Morgan fingerprint density at radius 3 is 2.71 bits per heavy atom. The number of rotatable bonds is 5. The summed E-state index contributed by atoms with van der Waals surface area (Å²) in [7, 11) is 1.19. The summed E-state index contributed by atoms with van der Waals surface area (Å²) in [5.74, 6) is -1.29. The second-order valence-electron chi connectivity index (χ2n) is 2.50. The highest BCUT2D eigenvalue weighted by molar-refractivity contribution is 5.84. The number of amides is 1. The Kier molecular flexibility index (Phi) is 6.07. The number of carbonyl (C=O) groups excluding carboxylic acids is 2. The van der Waals surface area contributed by atoms with Crippen LogP contribution in [0.3, 0.4) is 0 Å². The summed E-state index contributed by atoms with van der Waals surface area (Å²) in [5, 5.41) is 19.0. The van der Waals surface area contributed by atoms with E-state index in [1.165, 1.54) is 7.11 Å². The molecule has 0 radical (unpaired) electrons. The Labute approximate surface area is 81.5 Å². The first kappa shape index (κ1) is 12.4. The Morgan fingerprint density at radius 2 is 2.29 bits per heavy atom. The van der Waals surface area contributed by atoms with Crippen LogP contribution in [0.15, 0.2) is 0 Å². The van der Waals surface area contributed by atoms with Gasteiger partial charge in [0.15, 0.2) is 0 Å². The van der Waals surface area contributed by atoms with E-state index in [1.54, 1.807) is 0 Å². The van der Waals surface area contributed by atoms with Gasteiger partial charge in [0, 0.05) is 6.42 Å². The number of ether oxygens (including phenoxy) is 1. The Bertz CT molecular complexity index is 246. The molecule has 0 aromatic heterocycles. The largest absolute Gasteiger partial charge is 0.467 e. The zero-order valence-electron chi connectivity index (χ0n) is 7.82. The molecule has 0 saturated heterocycles. The molecule has 0 aromatic rings. The molecule has 0 unspecified atom stereocenters. The van der Waals surface area contributed by atoms with Gasteiger partial charge in [-0.2, -0.15) is 5.26 Å². The lowest BCUT2D eigenvalue weighted by Gasteiger charge is -2.13. The smallest absolute Gasteiger partial charge is 0.328 e. The molecule has 2 N–H and O–H groups in total. The van der Waals surface area contributed by atoms with Gasteiger partial charge in [-0.3, -0.25) is 4.79 Å². The zero-order chi connectivity index (χ0) is 11.0. The molecule has 1 amide bonds. The number of hydrogen-bond donors (Lipinski definition) is 2. The molecule has 0 fully saturated rings. The Balaban J connectivity index is 4.18.